The maximum atomic E-state index is 12.1. The third-order valence-electron chi connectivity index (χ3n) is 3.26. The Morgan fingerprint density at radius 1 is 1.33 bits per heavy atom. The smallest absolute Gasteiger partial charge is 0.406 e. The van der Waals surface area contributed by atoms with Crippen LogP contribution in [-0.4, -0.2) is 25.4 Å². The van der Waals surface area contributed by atoms with E-state index in [1.807, 2.05) is 6.92 Å². The Kier molecular flexibility index (Phi) is 5.47. The standard InChI is InChI=1S/C13H15F3N2O2.ClH/c1-12(6-7-17-8-12)11(19)18-9-2-4-10(5-3-9)20-13(14,15)16;/h2-5,17H,6-8H2,1H3,(H,18,19);1H. The van der Waals surface area contributed by atoms with Crippen LogP contribution in [0.5, 0.6) is 5.75 Å². The van der Waals surface area contributed by atoms with E-state index in [2.05, 4.69) is 15.4 Å². The van der Waals surface area contributed by atoms with Crippen molar-refractivity contribution in [3.63, 3.8) is 0 Å². The van der Waals surface area contributed by atoms with Crippen LogP contribution in [0, 0.1) is 5.41 Å². The molecule has 1 aromatic carbocycles. The number of hydrogen-bond acceptors (Lipinski definition) is 3. The van der Waals surface area contributed by atoms with Crippen LogP contribution < -0.4 is 15.4 Å². The number of rotatable bonds is 3. The molecule has 0 bridgehead atoms. The Morgan fingerprint density at radius 3 is 2.43 bits per heavy atom. The molecule has 1 aliphatic heterocycles. The summed E-state index contributed by atoms with van der Waals surface area (Å²) in [5.74, 6) is -0.462. The average Bonchev–Trinajstić information content (AvgIpc) is 2.78. The molecule has 4 nitrogen and oxygen atoms in total. The van der Waals surface area contributed by atoms with E-state index in [4.69, 9.17) is 0 Å². The van der Waals surface area contributed by atoms with E-state index < -0.39 is 11.8 Å². The zero-order chi connectivity index (χ0) is 14.8. The Hall–Kier alpha value is -1.47. The van der Waals surface area contributed by atoms with E-state index in [1.165, 1.54) is 24.3 Å². The summed E-state index contributed by atoms with van der Waals surface area (Å²) in [6.07, 6.45) is -3.98. The average molecular weight is 325 g/mol. The fraction of sp³-hybridized carbons (Fsp3) is 0.462. The van der Waals surface area contributed by atoms with E-state index in [0.29, 0.717) is 12.2 Å². The van der Waals surface area contributed by atoms with Crippen LogP contribution in [0.4, 0.5) is 18.9 Å². The van der Waals surface area contributed by atoms with Gasteiger partial charge in [0.25, 0.3) is 0 Å². The van der Waals surface area contributed by atoms with Gasteiger partial charge in [0.2, 0.25) is 5.91 Å². The van der Waals surface area contributed by atoms with Gasteiger partial charge >= 0.3 is 6.36 Å². The second-order valence-corrected chi connectivity index (χ2v) is 5.01. The fourth-order valence-electron chi connectivity index (χ4n) is 2.03. The summed E-state index contributed by atoms with van der Waals surface area (Å²) in [6, 6.07) is 5.09. The molecule has 1 saturated heterocycles. The Labute approximate surface area is 126 Å². The molecule has 2 rings (SSSR count). The zero-order valence-corrected chi connectivity index (χ0v) is 12.1. The monoisotopic (exact) mass is 324 g/mol. The summed E-state index contributed by atoms with van der Waals surface area (Å²) in [7, 11) is 0. The number of nitrogens with one attached hydrogen (secondary N) is 2. The molecule has 1 amide bonds. The molecule has 0 radical (unpaired) electrons. The first-order valence-electron chi connectivity index (χ1n) is 6.16. The van der Waals surface area contributed by atoms with Gasteiger partial charge in [-0.15, -0.1) is 25.6 Å². The van der Waals surface area contributed by atoms with Crippen LogP contribution in [-0.2, 0) is 4.79 Å². The lowest BCUT2D eigenvalue weighted by molar-refractivity contribution is -0.274. The number of anilines is 1. The predicted molar refractivity (Wildman–Crippen MR) is 74.6 cm³/mol. The molecule has 2 N–H and O–H groups in total. The van der Waals surface area contributed by atoms with Crippen molar-refractivity contribution < 1.29 is 22.7 Å². The molecule has 1 aromatic rings. The molecule has 1 aliphatic rings. The second kappa shape index (κ2) is 6.53. The van der Waals surface area contributed by atoms with Gasteiger partial charge in [0.15, 0.2) is 0 Å². The van der Waals surface area contributed by atoms with Crippen LogP contribution in [0.1, 0.15) is 13.3 Å². The number of carbonyl (C=O) groups is 1. The van der Waals surface area contributed by atoms with Gasteiger partial charge in [-0.3, -0.25) is 4.79 Å². The molecular formula is C13H16ClF3N2O2. The van der Waals surface area contributed by atoms with Crippen molar-refractivity contribution in [3.05, 3.63) is 24.3 Å². The SMILES string of the molecule is CC1(C(=O)Nc2ccc(OC(F)(F)F)cc2)CCNC1.Cl. The summed E-state index contributed by atoms with van der Waals surface area (Å²) in [4.78, 5) is 12.1. The Bertz CT molecular complexity index is 485. The number of benzene rings is 1. The molecule has 0 aliphatic carbocycles. The van der Waals surface area contributed by atoms with Gasteiger partial charge < -0.3 is 15.4 Å². The number of halogens is 4. The number of hydrogen-bond donors (Lipinski definition) is 2. The van der Waals surface area contributed by atoms with Crippen molar-refractivity contribution in [1.29, 1.82) is 0 Å². The van der Waals surface area contributed by atoms with Crippen molar-refractivity contribution in [2.75, 3.05) is 18.4 Å². The molecule has 0 aromatic heterocycles. The third kappa shape index (κ3) is 4.78. The van der Waals surface area contributed by atoms with Crippen LogP contribution in [0.2, 0.25) is 0 Å². The van der Waals surface area contributed by atoms with Crippen LogP contribution >= 0.6 is 12.4 Å². The molecule has 1 unspecified atom stereocenters. The molecule has 0 spiro atoms. The first-order chi connectivity index (χ1) is 9.28. The van der Waals surface area contributed by atoms with E-state index in [1.54, 1.807) is 0 Å². The maximum Gasteiger partial charge on any atom is 0.573 e. The lowest BCUT2D eigenvalue weighted by atomic mass is 9.89. The molecule has 1 atom stereocenters. The molecule has 8 heteroatoms. The van der Waals surface area contributed by atoms with Crippen LogP contribution in [0.25, 0.3) is 0 Å². The molecule has 1 fully saturated rings. The van der Waals surface area contributed by atoms with Crippen molar-refractivity contribution in [1.82, 2.24) is 5.32 Å². The predicted octanol–water partition coefficient (Wildman–Crippen LogP) is 2.95. The molecular weight excluding hydrogens is 309 g/mol. The van der Waals surface area contributed by atoms with E-state index in [9.17, 15) is 18.0 Å². The Morgan fingerprint density at radius 2 is 1.95 bits per heavy atom. The molecule has 21 heavy (non-hydrogen) atoms. The highest BCUT2D eigenvalue weighted by molar-refractivity contribution is 5.95. The topological polar surface area (TPSA) is 50.4 Å². The van der Waals surface area contributed by atoms with Crippen molar-refractivity contribution in [2.24, 2.45) is 5.41 Å². The van der Waals surface area contributed by atoms with E-state index in [-0.39, 0.29) is 24.1 Å². The third-order valence-corrected chi connectivity index (χ3v) is 3.26. The van der Waals surface area contributed by atoms with Gasteiger partial charge in [0, 0.05) is 12.2 Å². The fourth-order valence-corrected chi connectivity index (χ4v) is 2.03. The molecule has 1 heterocycles. The Balaban J connectivity index is 0.00000220. The summed E-state index contributed by atoms with van der Waals surface area (Å²) in [6.45, 7) is 3.22. The minimum Gasteiger partial charge on any atom is -0.406 e. The largest absolute Gasteiger partial charge is 0.573 e. The number of ether oxygens (including phenoxy) is 1. The van der Waals surface area contributed by atoms with Crippen molar-refractivity contribution >= 4 is 24.0 Å². The number of alkyl halides is 3. The highest BCUT2D eigenvalue weighted by Crippen LogP contribution is 2.28. The number of amides is 1. The summed E-state index contributed by atoms with van der Waals surface area (Å²) >= 11 is 0. The quantitative estimate of drug-likeness (QED) is 0.899. The summed E-state index contributed by atoms with van der Waals surface area (Å²) < 4.78 is 39.8. The minimum absolute atomic E-state index is 0. The lowest BCUT2D eigenvalue weighted by Gasteiger charge is -2.21. The van der Waals surface area contributed by atoms with Gasteiger partial charge in [0.05, 0.1) is 5.41 Å². The summed E-state index contributed by atoms with van der Waals surface area (Å²) in [5.41, 5.74) is -0.0427. The second-order valence-electron chi connectivity index (χ2n) is 5.01. The van der Waals surface area contributed by atoms with Gasteiger partial charge in [-0.1, -0.05) is 0 Å². The number of carbonyl (C=O) groups excluding carboxylic acids is 1. The van der Waals surface area contributed by atoms with Gasteiger partial charge in [0.1, 0.15) is 5.75 Å². The van der Waals surface area contributed by atoms with E-state index >= 15 is 0 Å². The first kappa shape index (κ1) is 17.6. The molecule has 0 saturated carbocycles. The maximum absolute atomic E-state index is 12.1. The van der Waals surface area contributed by atoms with Crippen molar-refractivity contribution in [2.45, 2.75) is 19.7 Å². The van der Waals surface area contributed by atoms with Crippen LogP contribution in [0.3, 0.4) is 0 Å². The minimum atomic E-state index is -4.71. The summed E-state index contributed by atoms with van der Waals surface area (Å²) in [5, 5.41) is 5.81. The van der Waals surface area contributed by atoms with Gasteiger partial charge in [-0.05, 0) is 44.2 Å². The van der Waals surface area contributed by atoms with Crippen LogP contribution in [0.15, 0.2) is 24.3 Å². The first-order valence-corrected chi connectivity index (χ1v) is 6.16. The van der Waals surface area contributed by atoms with E-state index in [0.717, 1.165) is 13.0 Å². The van der Waals surface area contributed by atoms with Gasteiger partial charge in [-0.25, -0.2) is 0 Å². The normalized spacial score (nSPS) is 21.5. The molecule has 118 valence electrons. The highest BCUT2D eigenvalue weighted by Gasteiger charge is 2.36. The highest BCUT2D eigenvalue weighted by atomic mass is 35.5. The van der Waals surface area contributed by atoms with Gasteiger partial charge in [-0.2, -0.15) is 0 Å². The van der Waals surface area contributed by atoms with Crippen molar-refractivity contribution in [3.8, 4) is 5.75 Å². The lowest BCUT2D eigenvalue weighted by Crippen LogP contribution is -2.35. The zero-order valence-electron chi connectivity index (χ0n) is 11.3.